The topological polar surface area (TPSA) is 57.7 Å². The molecule has 6 nitrogen and oxygen atoms in total. The Morgan fingerprint density at radius 2 is 1.65 bits per heavy atom. The first-order chi connectivity index (χ1) is 16.4. The molecule has 1 aliphatic rings. The van der Waals surface area contributed by atoms with E-state index in [9.17, 15) is 9.18 Å². The smallest absolute Gasteiger partial charge is 0.317 e. The Bertz CT molecular complexity index is 1140. The second kappa shape index (κ2) is 10.4. The number of hydrogen-bond acceptors (Lipinski definition) is 4. The zero-order valence-electron chi connectivity index (χ0n) is 19.5. The van der Waals surface area contributed by atoms with Gasteiger partial charge in [-0.15, -0.1) is 0 Å². The monoisotopic (exact) mass is 460 g/mol. The van der Waals surface area contributed by atoms with E-state index >= 15 is 0 Å². The summed E-state index contributed by atoms with van der Waals surface area (Å²) in [6.07, 6.45) is 1.74. The molecule has 2 aromatic carbocycles. The van der Waals surface area contributed by atoms with Gasteiger partial charge < -0.3 is 19.9 Å². The number of anilines is 1. The highest BCUT2D eigenvalue weighted by Gasteiger charge is 2.22. The Labute approximate surface area is 199 Å². The van der Waals surface area contributed by atoms with Gasteiger partial charge in [0, 0.05) is 43.5 Å². The summed E-state index contributed by atoms with van der Waals surface area (Å²) in [6.45, 7) is 10.6. The molecule has 1 N–H and O–H groups in total. The summed E-state index contributed by atoms with van der Waals surface area (Å²) >= 11 is 0. The molecule has 0 bridgehead atoms. The first kappa shape index (κ1) is 23.3. The van der Waals surface area contributed by atoms with Crippen LogP contribution in [0.3, 0.4) is 0 Å². The number of rotatable bonds is 6. The van der Waals surface area contributed by atoms with E-state index in [4.69, 9.17) is 9.72 Å². The molecule has 0 radical (unpaired) electrons. The predicted octanol–water partition coefficient (Wildman–Crippen LogP) is 5.56. The molecule has 4 rings (SSSR count). The SMILES string of the molecule is C=Cc1cc(N2CCN(C(=O)NC(C)C)CC2)cc(-c2ccc(Oc3ccc(F)cc3)cc2)n1. The van der Waals surface area contributed by atoms with Crippen LogP contribution in [0, 0.1) is 5.82 Å². The zero-order valence-corrected chi connectivity index (χ0v) is 19.5. The van der Waals surface area contributed by atoms with Gasteiger partial charge in [-0.05, 0) is 80.6 Å². The molecular formula is C27H29FN4O2. The average Bonchev–Trinajstić information content (AvgIpc) is 2.85. The number of pyridine rings is 1. The standard InChI is InChI=1S/C27H29FN4O2/c1-4-22-17-23(31-13-15-32(16-14-31)27(33)29-19(2)3)18-26(30-22)20-5-9-24(10-6-20)34-25-11-7-21(28)8-12-25/h4-12,17-19H,1,13-16H2,2-3H3,(H,29,33). The summed E-state index contributed by atoms with van der Waals surface area (Å²) < 4.78 is 18.9. The van der Waals surface area contributed by atoms with E-state index in [1.54, 1.807) is 18.2 Å². The highest BCUT2D eigenvalue weighted by molar-refractivity contribution is 5.75. The van der Waals surface area contributed by atoms with Crippen LogP contribution in [0.25, 0.3) is 17.3 Å². The van der Waals surface area contributed by atoms with Crippen LogP contribution in [0.1, 0.15) is 19.5 Å². The summed E-state index contributed by atoms with van der Waals surface area (Å²) in [5, 5.41) is 2.96. The molecule has 1 fully saturated rings. The van der Waals surface area contributed by atoms with E-state index in [2.05, 4.69) is 22.9 Å². The van der Waals surface area contributed by atoms with Crippen LogP contribution in [0.2, 0.25) is 0 Å². The van der Waals surface area contributed by atoms with Crippen LogP contribution in [0.4, 0.5) is 14.9 Å². The fraction of sp³-hybridized carbons (Fsp3) is 0.259. The number of nitrogens with zero attached hydrogens (tertiary/aromatic N) is 3. The van der Waals surface area contributed by atoms with Gasteiger partial charge in [-0.3, -0.25) is 0 Å². The maximum atomic E-state index is 13.1. The highest BCUT2D eigenvalue weighted by atomic mass is 19.1. The third kappa shape index (κ3) is 5.73. The normalized spacial score (nSPS) is 13.6. The number of halogens is 1. The molecule has 0 atom stereocenters. The lowest BCUT2D eigenvalue weighted by Gasteiger charge is -2.36. The minimum Gasteiger partial charge on any atom is -0.457 e. The fourth-order valence-corrected chi connectivity index (χ4v) is 3.81. The molecule has 1 aromatic heterocycles. The minimum absolute atomic E-state index is 0.0141. The summed E-state index contributed by atoms with van der Waals surface area (Å²) in [5.41, 5.74) is 3.63. The van der Waals surface area contributed by atoms with Gasteiger partial charge in [0.25, 0.3) is 0 Å². The van der Waals surface area contributed by atoms with Crippen molar-refractivity contribution in [3.63, 3.8) is 0 Å². The van der Waals surface area contributed by atoms with E-state index in [1.165, 1.54) is 12.1 Å². The quantitative estimate of drug-likeness (QED) is 0.523. The summed E-state index contributed by atoms with van der Waals surface area (Å²) in [6, 6.07) is 17.7. The number of benzene rings is 2. The van der Waals surface area contributed by atoms with Crippen molar-refractivity contribution in [2.45, 2.75) is 19.9 Å². The van der Waals surface area contributed by atoms with Crippen LogP contribution in [0.5, 0.6) is 11.5 Å². The molecule has 1 aliphatic heterocycles. The van der Waals surface area contributed by atoms with Crippen molar-refractivity contribution in [1.82, 2.24) is 15.2 Å². The number of carbonyl (C=O) groups is 1. The van der Waals surface area contributed by atoms with Crippen molar-refractivity contribution in [3.8, 4) is 22.8 Å². The second-order valence-corrected chi connectivity index (χ2v) is 8.50. The number of urea groups is 1. The lowest BCUT2D eigenvalue weighted by atomic mass is 10.1. The van der Waals surface area contributed by atoms with E-state index in [-0.39, 0.29) is 17.9 Å². The van der Waals surface area contributed by atoms with Crippen molar-refractivity contribution in [2.75, 3.05) is 31.1 Å². The third-order valence-electron chi connectivity index (χ3n) is 5.58. The van der Waals surface area contributed by atoms with Crippen LogP contribution < -0.4 is 15.0 Å². The number of amides is 2. The Hall–Kier alpha value is -3.87. The zero-order chi connectivity index (χ0) is 24.1. The molecule has 0 saturated carbocycles. The maximum Gasteiger partial charge on any atom is 0.317 e. The first-order valence-electron chi connectivity index (χ1n) is 11.4. The highest BCUT2D eigenvalue weighted by Crippen LogP contribution is 2.29. The summed E-state index contributed by atoms with van der Waals surface area (Å²) in [5.74, 6) is 0.933. The number of ether oxygens (including phenoxy) is 1. The van der Waals surface area contributed by atoms with Crippen LogP contribution in [-0.2, 0) is 0 Å². The summed E-state index contributed by atoms with van der Waals surface area (Å²) in [4.78, 5) is 21.1. The molecule has 176 valence electrons. The van der Waals surface area contributed by atoms with Crippen LogP contribution in [-0.4, -0.2) is 48.1 Å². The number of aromatic nitrogens is 1. The fourth-order valence-electron chi connectivity index (χ4n) is 3.81. The second-order valence-electron chi connectivity index (χ2n) is 8.50. The van der Waals surface area contributed by atoms with Crippen molar-refractivity contribution in [3.05, 3.63) is 78.8 Å². The number of carbonyl (C=O) groups excluding carboxylic acids is 1. The van der Waals surface area contributed by atoms with Crippen molar-refractivity contribution >= 4 is 17.8 Å². The molecule has 0 unspecified atom stereocenters. The van der Waals surface area contributed by atoms with Gasteiger partial charge in [0.1, 0.15) is 17.3 Å². The van der Waals surface area contributed by atoms with Gasteiger partial charge in [0.05, 0.1) is 11.4 Å². The van der Waals surface area contributed by atoms with Gasteiger partial charge in [0.15, 0.2) is 0 Å². The summed E-state index contributed by atoms with van der Waals surface area (Å²) in [7, 11) is 0. The Kier molecular flexibility index (Phi) is 7.11. The molecule has 3 aromatic rings. The predicted molar refractivity (Wildman–Crippen MR) is 134 cm³/mol. The van der Waals surface area contributed by atoms with Gasteiger partial charge in [0.2, 0.25) is 0 Å². The van der Waals surface area contributed by atoms with E-state index < -0.39 is 0 Å². The third-order valence-corrected chi connectivity index (χ3v) is 5.58. The number of hydrogen-bond donors (Lipinski definition) is 1. The van der Waals surface area contributed by atoms with Gasteiger partial charge >= 0.3 is 6.03 Å². The molecular weight excluding hydrogens is 431 g/mol. The molecule has 0 aliphatic carbocycles. The Morgan fingerprint density at radius 1 is 1.03 bits per heavy atom. The number of piperazine rings is 1. The molecule has 1 saturated heterocycles. The van der Waals surface area contributed by atoms with Crippen molar-refractivity contribution < 1.29 is 13.9 Å². The maximum absolute atomic E-state index is 13.1. The minimum atomic E-state index is -0.299. The lowest BCUT2D eigenvalue weighted by Crippen LogP contribution is -2.52. The van der Waals surface area contributed by atoms with E-state index in [0.29, 0.717) is 24.6 Å². The van der Waals surface area contributed by atoms with Gasteiger partial charge in [-0.2, -0.15) is 0 Å². The van der Waals surface area contributed by atoms with Crippen molar-refractivity contribution in [2.24, 2.45) is 0 Å². The molecule has 7 heteroatoms. The largest absolute Gasteiger partial charge is 0.457 e. The first-order valence-corrected chi connectivity index (χ1v) is 11.4. The van der Waals surface area contributed by atoms with Gasteiger partial charge in [-0.1, -0.05) is 6.58 Å². The Morgan fingerprint density at radius 3 is 2.24 bits per heavy atom. The lowest BCUT2D eigenvalue weighted by molar-refractivity contribution is 0.192. The van der Waals surface area contributed by atoms with E-state index in [1.807, 2.05) is 49.1 Å². The van der Waals surface area contributed by atoms with Gasteiger partial charge in [-0.25, -0.2) is 14.2 Å². The molecule has 0 spiro atoms. The van der Waals surface area contributed by atoms with Crippen LogP contribution in [0.15, 0.2) is 67.2 Å². The molecule has 2 heterocycles. The van der Waals surface area contributed by atoms with Crippen molar-refractivity contribution in [1.29, 1.82) is 0 Å². The van der Waals surface area contributed by atoms with Crippen LogP contribution >= 0.6 is 0 Å². The Balaban J connectivity index is 1.48. The average molecular weight is 461 g/mol. The molecule has 34 heavy (non-hydrogen) atoms. The number of nitrogens with one attached hydrogen (secondary N) is 1. The molecule has 2 amide bonds. The van der Waals surface area contributed by atoms with E-state index in [0.717, 1.165) is 35.7 Å².